The standard InChI is InChI=1S/C12H11BrN4O3S/c1-21(19,20)9-4-2-8(3-5-9)10(11(14)18)6-17-7-15-12(13)16-17/h2-7H,1H3,(H2,14,18)/b10-6+. The number of carbonyl (C=O) groups excluding carboxylic acids is 1. The van der Waals surface area contributed by atoms with Crippen molar-refractivity contribution < 1.29 is 13.2 Å². The van der Waals surface area contributed by atoms with E-state index in [4.69, 9.17) is 5.73 Å². The zero-order chi connectivity index (χ0) is 15.6. The van der Waals surface area contributed by atoms with E-state index in [-0.39, 0.29) is 10.5 Å². The van der Waals surface area contributed by atoms with Gasteiger partial charge in [-0.1, -0.05) is 12.1 Å². The van der Waals surface area contributed by atoms with Crippen molar-refractivity contribution in [2.24, 2.45) is 5.73 Å². The molecule has 1 aromatic carbocycles. The summed E-state index contributed by atoms with van der Waals surface area (Å²) in [5, 5.41) is 3.96. The van der Waals surface area contributed by atoms with Crippen molar-refractivity contribution in [1.29, 1.82) is 0 Å². The zero-order valence-electron chi connectivity index (χ0n) is 10.9. The average molecular weight is 371 g/mol. The molecule has 2 N–H and O–H groups in total. The Morgan fingerprint density at radius 1 is 1.33 bits per heavy atom. The number of rotatable bonds is 4. The minimum atomic E-state index is -3.29. The predicted molar refractivity (Wildman–Crippen MR) is 80.6 cm³/mol. The molecule has 9 heteroatoms. The van der Waals surface area contributed by atoms with Gasteiger partial charge in [0.25, 0.3) is 5.91 Å². The van der Waals surface area contributed by atoms with Crippen LogP contribution < -0.4 is 5.73 Å². The van der Waals surface area contributed by atoms with Crippen molar-refractivity contribution in [2.75, 3.05) is 6.26 Å². The number of aromatic nitrogens is 3. The smallest absolute Gasteiger partial charge is 0.250 e. The summed E-state index contributed by atoms with van der Waals surface area (Å²) < 4.78 is 24.5. The van der Waals surface area contributed by atoms with E-state index in [2.05, 4.69) is 26.0 Å². The van der Waals surface area contributed by atoms with E-state index in [0.29, 0.717) is 10.3 Å². The van der Waals surface area contributed by atoms with E-state index in [1.54, 1.807) is 0 Å². The molecule has 7 nitrogen and oxygen atoms in total. The summed E-state index contributed by atoms with van der Waals surface area (Å²) in [6.07, 6.45) is 3.92. The van der Waals surface area contributed by atoms with Gasteiger partial charge >= 0.3 is 0 Å². The molecule has 0 aliphatic heterocycles. The fourth-order valence-corrected chi connectivity index (χ4v) is 2.52. The van der Waals surface area contributed by atoms with Crippen LogP contribution in [0.2, 0.25) is 0 Å². The Morgan fingerprint density at radius 2 is 1.95 bits per heavy atom. The van der Waals surface area contributed by atoms with Gasteiger partial charge in [0.05, 0.1) is 10.5 Å². The van der Waals surface area contributed by atoms with Gasteiger partial charge in [-0.2, -0.15) is 0 Å². The third kappa shape index (κ3) is 3.76. The molecule has 1 amide bonds. The van der Waals surface area contributed by atoms with Crippen LogP contribution in [0.15, 0.2) is 40.2 Å². The molecule has 0 atom stereocenters. The number of carbonyl (C=O) groups is 1. The molecule has 0 saturated carbocycles. The van der Waals surface area contributed by atoms with Crippen LogP contribution in [0.3, 0.4) is 0 Å². The summed E-state index contributed by atoms with van der Waals surface area (Å²) in [5.41, 5.74) is 6.02. The van der Waals surface area contributed by atoms with Crippen LogP contribution in [0.4, 0.5) is 0 Å². The first kappa shape index (κ1) is 15.4. The number of halogens is 1. The van der Waals surface area contributed by atoms with Gasteiger partial charge in [0.1, 0.15) is 6.33 Å². The molecular weight excluding hydrogens is 360 g/mol. The minimum absolute atomic E-state index is 0.165. The molecule has 1 heterocycles. The van der Waals surface area contributed by atoms with Gasteiger partial charge < -0.3 is 5.73 Å². The first-order chi connectivity index (χ1) is 9.77. The van der Waals surface area contributed by atoms with Gasteiger partial charge in [0.15, 0.2) is 9.84 Å². The topological polar surface area (TPSA) is 108 Å². The van der Waals surface area contributed by atoms with Crippen LogP contribution in [-0.2, 0) is 14.6 Å². The second-order valence-electron chi connectivity index (χ2n) is 4.20. The minimum Gasteiger partial charge on any atom is -0.366 e. The lowest BCUT2D eigenvalue weighted by atomic mass is 10.1. The summed E-state index contributed by atoms with van der Waals surface area (Å²) >= 11 is 3.09. The molecule has 0 aliphatic carbocycles. The Balaban J connectivity index is 2.44. The van der Waals surface area contributed by atoms with Gasteiger partial charge in [-0.3, -0.25) is 4.79 Å². The summed E-state index contributed by atoms with van der Waals surface area (Å²) in [6, 6.07) is 5.86. The van der Waals surface area contributed by atoms with Crippen LogP contribution in [-0.4, -0.2) is 35.3 Å². The highest BCUT2D eigenvalue weighted by molar-refractivity contribution is 9.10. The van der Waals surface area contributed by atoms with Crippen molar-refractivity contribution in [2.45, 2.75) is 4.90 Å². The highest BCUT2D eigenvalue weighted by atomic mass is 79.9. The maximum absolute atomic E-state index is 11.6. The average Bonchev–Trinajstić information content (AvgIpc) is 2.80. The highest BCUT2D eigenvalue weighted by Gasteiger charge is 2.12. The molecule has 0 bridgehead atoms. The Kier molecular flexibility index (Phi) is 4.24. The lowest BCUT2D eigenvalue weighted by molar-refractivity contribution is -0.112. The number of amides is 1. The molecular formula is C12H11BrN4O3S. The monoisotopic (exact) mass is 370 g/mol. The van der Waals surface area contributed by atoms with Gasteiger partial charge in [0.2, 0.25) is 4.73 Å². The molecule has 2 aromatic rings. The van der Waals surface area contributed by atoms with Gasteiger partial charge in [-0.25, -0.2) is 18.1 Å². The normalized spacial score (nSPS) is 12.4. The van der Waals surface area contributed by atoms with Crippen LogP contribution in [0.5, 0.6) is 0 Å². The van der Waals surface area contributed by atoms with Crippen LogP contribution in [0.25, 0.3) is 11.8 Å². The van der Waals surface area contributed by atoms with Crippen molar-refractivity contribution in [3.8, 4) is 0 Å². The summed E-state index contributed by atoms with van der Waals surface area (Å²) in [5.74, 6) is -0.659. The van der Waals surface area contributed by atoms with Crippen LogP contribution in [0, 0.1) is 0 Å². The van der Waals surface area contributed by atoms with Gasteiger partial charge in [0, 0.05) is 12.5 Å². The predicted octanol–water partition coefficient (Wildman–Crippen LogP) is 0.928. The van der Waals surface area contributed by atoms with E-state index in [1.165, 1.54) is 41.5 Å². The van der Waals surface area contributed by atoms with Crippen LogP contribution in [0.1, 0.15) is 5.56 Å². The summed E-state index contributed by atoms with van der Waals surface area (Å²) in [4.78, 5) is 15.6. The molecule has 0 saturated heterocycles. The number of benzene rings is 1. The van der Waals surface area contributed by atoms with Crippen molar-refractivity contribution in [1.82, 2.24) is 14.8 Å². The molecule has 0 radical (unpaired) electrons. The molecule has 0 unspecified atom stereocenters. The van der Waals surface area contributed by atoms with Crippen molar-refractivity contribution in [3.63, 3.8) is 0 Å². The fourth-order valence-electron chi connectivity index (χ4n) is 1.61. The number of nitrogens with zero attached hydrogens (tertiary/aromatic N) is 3. The molecule has 110 valence electrons. The van der Waals surface area contributed by atoms with Crippen molar-refractivity contribution >= 4 is 43.4 Å². The lowest BCUT2D eigenvalue weighted by Gasteiger charge is -2.05. The number of hydrogen-bond donors (Lipinski definition) is 1. The zero-order valence-corrected chi connectivity index (χ0v) is 13.3. The largest absolute Gasteiger partial charge is 0.366 e. The third-order valence-electron chi connectivity index (χ3n) is 2.60. The number of hydrogen-bond acceptors (Lipinski definition) is 5. The molecule has 0 fully saturated rings. The fraction of sp³-hybridized carbons (Fsp3) is 0.0833. The number of primary amides is 1. The molecule has 21 heavy (non-hydrogen) atoms. The Labute approximate surface area is 129 Å². The first-order valence-electron chi connectivity index (χ1n) is 5.66. The van der Waals surface area contributed by atoms with Crippen molar-refractivity contribution in [3.05, 3.63) is 40.9 Å². The van der Waals surface area contributed by atoms with E-state index in [9.17, 15) is 13.2 Å². The summed E-state index contributed by atoms with van der Waals surface area (Å²) in [7, 11) is -3.29. The second kappa shape index (κ2) is 5.78. The Hall–Kier alpha value is -2.00. The lowest BCUT2D eigenvalue weighted by Crippen LogP contribution is -2.14. The molecule has 0 spiro atoms. The molecule has 1 aromatic heterocycles. The maximum Gasteiger partial charge on any atom is 0.250 e. The third-order valence-corrected chi connectivity index (χ3v) is 4.09. The second-order valence-corrected chi connectivity index (χ2v) is 6.92. The number of nitrogens with two attached hydrogens (primary N) is 1. The SMILES string of the molecule is CS(=O)(=O)c1ccc(/C(=C\n2cnc(Br)n2)C(N)=O)cc1. The Bertz CT molecular complexity index is 809. The quantitative estimate of drug-likeness (QED) is 0.805. The van der Waals surface area contributed by atoms with E-state index in [1.807, 2.05) is 0 Å². The van der Waals surface area contributed by atoms with E-state index in [0.717, 1.165) is 6.26 Å². The highest BCUT2D eigenvalue weighted by Crippen LogP contribution is 2.18. The first-order valence-corrected chi connectivity index (χ1v) is 8.34. The Morgan fingerprint density at radius 3 is 2.38 bits per heavy atom. The molecule has 0 aliphatic rings. The van der Waals surface area contributed by atoms with E-state index >= 15 is 0 Å². The van der Waals surface area contributed by atoms with Gasteiger partial charge in [-0.05, 0) is 33.6 Å². The summed E-state index contributed by atoms with van der Waals surface area (Å²) in [6.45, 7) is 0. The van der Waals surface area contributed by atoms with E-state index < -0.39 is 15.7 Å². The maximum atomic E-state index is 11.6. The van der Waals surface area contributed by atoms with Gasteiger partial charge in [-0.15, -0.1) is 5.10 Å². The number of sulfone groups is 1. The van der Waals surface area contributed by atoms with Crippen LogP contribution >= 0.6 is 15.9 Å². The molecule has 2 rings (SSSR count).